The first-order valence-corrected chi connectivity index (χ1v) is 11.2. The van der Waals surface area contributed by atoms with Crippen molar-refractivity contribution in [1.82, 2.24) is 15.5 Å². The van der Waals surface area contributed by atoms with Gasteiger partial charge >= 0.3 is 6.03 Å². The van der Waals surface area contributed by atoms with Gasteiger partial charge < -0.3 is 20.9 Å². The lowest BCUT2D eigenvalue weighted by atomic mass is 9.88. The summed E-state index contributed by atoms with van der Waals surface area (Å²) in [4.78, 5) is 27.1. The van der Waals surface area contributed by atoms with Gasteiger partial charge in [-0.3, -0.25) is 4.79 Å². The first-order chi connectivity index (χ1) is 14.0. The van der Waals surface area contributed by atoms with Crippen molar-refractivity contribution in [2.45, 2.75) is 64.0 Å². The van der Waals surface area contributed by atoms with Crippen LogP contribution < -0.4 is 16.0 Å². The fourth-order valence-corrected chi connectivity index (χ4v) is 5.23. The standard InChI is InChI=1S/C23H34N4O2/c1-16-4-6-19(7-5-16)26-23(29)24-14-17-3-2-10-27(15-17)22(28)13-18-11-20-8-9-21(12-18)25-20/h4-7,17-18,20-21,25H,2-3,8-15H2,1H3,(H2,24,26,29). The molecule has 0 saturated carbocycles. The van der Waals surface area contributed by atoms with Crippen molar-refractivity contribution in [2.24, 2.45) is 11.8 Å². The maximum atomic E-state index is 12.9. The maximum Gasteiger partial charge on any atom is 0.319 e. The third-order valence-corrected chi connectivity index (χ3v) is 6.77. The van der Waals surface area contributed by atoms with Gasteiger partial charge in [-0.2, -0.15) is 0 Å². The molecule has 29 heavy (non-hydrogen) atoms. The van der Waals surface area contributed by atoms with E-state index in [0.29, 0.717) is 42.8 Å². The summed E-state index contributed by atoms with van der Waals surface area (Å²) in [5.74, 6) is 1.19. The summed E-state index contributed by atoms with van der Waals surface area (Å²) >= 11 is 0. The number of fused-ring (bicyclic) bond motifs is 2. The average Bonchev–Trinajstić information content (AvgIpc) is 3.06. The molecule has 2 bridgehead atoms. The number of likely N-dealkylation sites (tertiary alicyclic amines) is 1. The Hall–Kier alpha value is -2.08. The number of nitrogens with one attached hydrogen (secondary N) is 3. The second-order valence-electron chi connectivity index (χ2n) is 9.23. The molecule has 1 aromatic rings. The Morgan fingerprint density at radius 3 is 2.52 bits per heavy atom. The van der Waals surface area contributed by atoms with E-state index in [0.717, 1.165) is 44.5 Å². The van der Waals surface area contributed by atoms with E-state index in [1.54, 1.807) is 0 Å². The Morgan fingerprint density at radius 2 is 1.79 bits per heavy atom. The molecule has 0 spiro atoms. The molecule has 3 atom stereocenters. The van der Waals surface area contributed by atoms with E-state index in [1.807, 2.05) is 36.1 Å². The molecule has 3 saturated heterocycles. The van der Waals surface area contributed by atoms with Gasteiger partial charge in [0, 0.05) is 43.8 Å². The van der Waals surface area contributed by atoms with Crippen LogP contribution in [-0.2, 0) is 4.79 Å². The fourth-order valence-electron chi connectivity index (χ4n) is 5.23. The van der Waals surface area contributed by atoms with E-state index in [9.17, 15) is 9.59 Å². The summed E-state index contributed by atoms with van der Waals surface area (Å²) in [6, 6.07) is 8.87. The summed E-state index contributed by atoms with van der Waals surface area (Å²) in [6.07, 6.45) is 7.64. The van der Waals surface area contributed by atoms with E-state index in [4.69, 9.17) is 0 Å². The van der Waals surface area contributed by atoms with E-state index in [-0.39, 0.29) is 6.03 Å². The zero-order chi connectivity index (χ0) is 20.2. The lowest BCUT2D eigenvalue weighted by molar-refractivity contribution is -0.134. The third kappa shape index (κ3) is 5.50. The summed E-state index contributed by atoms with van der Waals surface area (Å²) in [5.41, 5.74) is 1.96. The van der Waals surface area contributed by atoms with Crippen LogP contribution in [0.5, 0.6) is 0 Å². The third-order valence-electron chi connectivity index (χ3n) is 6.77. The SMILES string of the molecule is Cc1ccc(NC(=O)NCC2CCCN(C(=O)CC3CC4CCC(C3)N4)C2)cc1. The van der Waals surface area contributed by atoms with Crippen molar-refractivity contribution >= 4 is 17.6 Å². The predicted octanol–water partition coefficient (Wildman–Crippen LogP) is 3.28. The summed E-state index contributed by atoms with van der Waals surface area (Å²) in [5, 5.41) is 9.51. The number of piperidine rings is 2. The molecule has 0 aliphatic carbocycles. The van der Waals surface area contributed by atoms with Crippen LogP contribution in [0.1, 0.15) is 50.5 Å². The highest BCUT2D eigenvalue weighted by molar-refractivity contribution is 5.89. The predicted molar refractivity (Wildman–Crippen MR) is 115 cm³/mol. The number of amides is 3. The Balaban J connectivity index is 1.20. The second kappa shape index (κ2) is 9.16. The Bertz CT molecular complexity index is 708. The first kappa shape index (κ1) is 20.2. The van der Waals surface area contributed by atoms with Gasteiger partial charge in [-0.1, -0.05) is 17.7 Å². The van der Waals surface area contributed by atoms with Crippen LogP contribution in [0.4, 0.5) is 10.5 Å². The van der Waals surface area contributed by atoms with Crippen LogP contribution in [0.2, 0.25) is 0 Å². The van der Waals surface area contributed by atoms with Gasteiger partial charge in [0.2, 0.25) is 5.91 Å². The van der Waals surface area contributed by atoms with Crippen LogP contribution in [0, 0.1) is 18.8 Å². The van der Waals surface area contributed by atoms with Crippen molar-refractivity contribution in [3.05, 3.63) is 29.8 Å². The number of hydrogen-bond donors (Lipinski definition) is 3. The highest BCUT2D eigenvalue weighted by atomic mass is 16.2. The van der Waals surface area contributed by atoms with Crippen molar-refractivity contribution in [2.75, 3.05) is 25.0 Å². The maximum absolute atomic E-state index is 12.9. The molecule has 3 heterocycles. The van der Waals surface area contributed by atoms with Gasteiger partial charge in [-0.05, 0) is 69.4 Å². The molecule has 4 rings (SSSR count). The Labute approximate surface area is 173 Å². The Kier molecular flexibility index (Phi) is 6.38. The van der Waals surface area contributed by atoms with Crippen molar-refractivity contribution < 1.29 is 9.59 Å². The molecule has 0 aromatic heterocycles. The largest absolute Gasteiger partial charge is 0.342 e. The number of nitrogens with zero attached hydrogens (tertiary/aromatic N) is 1. The van der Waals surface area contributed by atoms with Gasteiger partial charge in [-0.25, -0.2) is 4.79 Å². The summed E-state index contributed by atoms with van der Waals surface area (Å²) < 4.78 is 0. The molecular weight excluding hydrogens is 364 g/mol. The number of carbonyl (C=O) groups is 2. The van der Waals surface area contributed by atoms with Gasteiger partial charge in [0.1, 0.15) is 0 Å². The molecular formula is C23H34N4O2. The highest BCUT2D eigenvalue weighted by Gasteiger charge is 2.35. The summed E-state index contributed by atoms with van der Waals surface area (Å²) in [7, 11) is 0. The minimum absolute atomic E-state index is 0.178. The molecule has 3 aliphatic heterocycles. The first-order valence-electron chi connectivity index (χ1n) is 11.2. The highest BCUT2D eigenvalue weighted by Crippen LogP contribution is 2.33. The number of hydrogen-bond acceptors (Lipinski definition) is 3. The van der Waals surface area contributed by atoms with E-state index < -0.39 is 0 Å². The number of benzene rings is 1. The second-order valence-corrected chi connectivity index (χ2v) is 9.23. The van der Waals surface area contributed by atoms with Gasteiger partial charge in [-0.15, -0.1) is 0 Å². The number of aryl methyl sites for hydroxylation is 1. The van der Waals surface area contributed by atoms with Crippen molar-refractivity contribution in [3.8, 4) is 0 Å². The quantitative estimate of drug-likeness (QED) is 0.713. The molecule has 158 valence electrons. The van der Waals surface area contributed by atoms with Crippen LogP contribution in [0.3, 0.4) is 0 Å². The van der Waals surface area contributed by atoms with Crippen LogP contribution >= 0.6 is 0 Å². The molecule has 3 fully saturated rings. The molecule has 6 heteroatoms. The Morgan fingerprint density at radius 1 is 1.07 bits per heavy atom. The molecule has 3 N–H and O–H groups in total. The van der Waals surface area contributed by atoms with Gasteiger partial charge in [0.25, 0.3) is 0 Å². The molecule has 6 nitrogen and oxygen atoms in total. The molecule has 3 aliphatic rings. The molecule has 3 amide bonds. The number of rotatable bonds is 5. The van der Waals surface area contributed by atoms with Gasteiger partial charge in [0.05, 0.1) is 0 Å². The topological polar surface area (TPSA) is 73.5 Å². The van der Waals surface area contributed by atoms with Crippen molar-refractivity contribution in [1.29, 1.82) is 0 Å². The lowest BCUT2D eigenvalue weighted by Crippen LogP contribution is -2.45. The van der Waals surface area contributed by atoms with Crippen LogP contribution in [-0.4, -0.2) is 48.6 Å². The monoisotopic (exact) mass is 398 g/mol. The minimum atomic E-state index is -0.178. The molecule has 0 radical (unpaired) electrons. The van der Waals surface area contributed by atoms with E-state index >= 15 is 0 Å². The smallest absolute Gasteiger partial charge is 0.319 e. The van der Waals surface area contributed by atoms with Gasteiger partial charge in [0.15, 0.2) is 0 Å². The van der Waals surface area contributed by atoms with E-state index in [1.165, 1.54) is 18.4 Å². The lowest BCUT2D eigenvalue weighted by Gasteiger charge is -2.35. The zero-order valence-electron chi connectivity index (χ0n) is 17.5. The van der Waals surface area contributed by atoms with Crippen LogP contribution in [0.15, 0.2) is 24.3 Å². The summed E-state index contributed by atoms with van der Waals surface area (Å²) in [6.45, 7) is 4.26. The van der Waals surface area contributed by atoms with Crippen molar-refractivity contribution in [3.63, 3.8) is 0 Å². The average molecular weight is 399 g/mol. The molecule has 1 aromatic carbocycles. The fraction of sp³-hybridized carbons (Fsp3) is 0.652. The molecule has 3 unspecified atom stereocenters. The van der Waals surface area contributed by atoms with Crippen LogP contribution in [0.25, 0.3) is 0 Å². The number of carbonyl (C=O) groups excluding carboxylic acids is 2. The van der Waals surface area contributed by atoms with E-state index in [2.05, 4.69) is 16.0 Å². The zero-order valence-corrected chi connectivity index (χ0v) is 17.5. The number of urea groups is 1. The minimum Gasteiger partial charge on any atom is -0.342 e. The normalized spacial score (nSPS) is 28.8. The number of anilines is 1.